The molecule has 0 aromatic heterocycles. The molecule has 0 saturated heterocycles. The minimum atomic E-state index is -0.604. The fourth-order valence-electron chi connectivity index (χ4n) is 2.81. The first kappa shape index (κ1) is 20.2. The summed E-state index contributed by atoms with van der Waals surface area (Å²) >= 11 is 7.73. The molecule has 0 radical (unpaired) electrons. The average Bonchev–Trinajstić information content (AvgIpc) is 2.71. The second kappa shape index (κ2) is 9.62. The van der Waals surface area contributed by atoms with E-state index in [0.29, 0.717) is 11.6 Å². The first-order chi connectivity index (χ1) is 13.5. The molecule has 0 spiro atoms. The van der Waals surface area contributed by atoms with Crippen LogP contribution in [0.1, 0.15) is 12.5 Å². The lowest BCUT2D eigenvalue weighted by Gasteiger charge is -2.14. The molecule has 28 heavy (non-hydrogen) atoms. The van der Waals surface area contributed by atoms with Gasteiger partial charge in [0.15, 0.2) is 0 Å². The summed E-state index contributed by atoms with van der Waals surface area (Å²) in [5.74, 6) is -0.201. The molecule has 1 unspecified atom stereocenters. The highest BCUT2D eigenvalue weighted by atomic mass is 35.5. The van der Waals surface area contributed by atoms with Crippen molar-refractivity contribution in [1.29, 1.82) is 0 Å². The number of amides is 2. The highest BCUT2D eigenvalue weighted by Crippen LogP contribution is 2.33. The van der Waals surface area contributed by atoms with Gasteiger partial charge in [-0.1, -0.05) is 66.2 Å². The zero-order chi connectivity index (χ0) is 19.9. The van der Waals surface area contributed by atoms with E-state index in [1.54, 1.807) is 6.92 Å². The van der Waals surface area contributed by atoms with E-state index in [1.165, 1.54) is 11.8 Å². The van der Waals surface area contributed by atoms with E-state index in [9.17, 15) is 9.59 Å². The van der Waals surface area contributed by atoms with Crippen LogP contribution in [0.4, 0.5) is 0 Å². The minimum absolute atomic E-state index is 0.198. The molecule has 0 fully saturated rings. The third kappa shape index (κ3) is 5.27. The third-order valence-electron chi connectivity index (χ3n) is 4.25. The molecule has 3 rings (SSSR count). The summed E-state index contributed by atoms with van der Waals surface area (Å²) in [6.45, 7) is 2.11. The maximum atomic E-state index is 12.3. The van der Waals surface area contributed by atoms with Crippen molar-refractivity contribution in [3.05, 3.63) is 77.3 Å². The van der Waals surface area contributed by atoms with E-state index in [4.69, 9.17) is 11.6 Å². The second-order valence-corrected chi connectivity index (χ2v) is 7.80. The number of carbonyl (C=O) groups excluding carboxylic acids is 2. The van der Waals surface area contributed by atoms with Crippen LogP contribution in [-0.2, 0) is 16.1 Å². The number of hydrogen-bond donors (Lipinski definition) is 2. The van der Waals surface area contributed by atoms with Crippen LogP contribution < -0.4 is 10.6 Å². The lowest BCUT2D eigenvalue weighted by molar-refractivity contribution is -0.127. The summed E-state index contributed by atoms with van der Waals surface area (Å²) in [5.41, 5.74) is 1.01. The topological polar surface area (TPSA) is 58.2 Å². The van der Waals surface area contributed by atoms with Crippen molar-refractivity contribution in [2.75, 3.05) is 5.75 Å². The van der Waals surface area contributed by atoms with E-state index in [-0.39, 0.29) is 17.6 Å². The lowest BCUT2D eigenvalue weighted by atomic mass is 10.1. The number of carbonyl (C=O) groups is 2. The maximum Gasteiger partial charge on any atom is 0.242 e. The Morgan fingerprint density at radius 3 is 2.46 bits per heavy atom. The zero-order valence-electron chi connectivity index (χ0n) is 15.4. The van der Waals surface area contributed by atoms with Gasteiger partial charge in [-0.25, -0.2) is 0 Å². The van der Waals surface area contributed by atoms with Gasteiger partial charge in [-0.15, -0.1) is 11.8 Å². The van der Waals surface area contributed by atoms with Crippen molar-refractivity contribution >= 4 is 45.9 Å². The molecular weight excluding hydrogens is 392 g/mol. The van der Waals surface area contributed by atoms with Gasteiger partial charge in [0, 0.05) is 21.8 Å². The van der Waals surface area contributed by atoms with Crippen LogP contribution >= 0.6 is 23.4 Å². The lowest BCUT2D eigenvalue weighted by Crippen LogP contribution is -2.45. The van der Waals surface area contributed by atoms with E-state index < -0.39 is 6.04 Å². The summed E-state index contributed by atoms with van der Waals surface area (Å²) < 4.78 is 0. The minimum Gasteiger partial charge on any atom is -0.350 e. The Kier molecular flexibility index (Phi) is 6.95. The number of fused-ring (bicyclic) bond motifs is 1. The standard InChI is InChI=1S/C22H21ClN2O2S/c1-15(22(27)24-13-16-7-3-2-4-8-16)25-20(26)14-28-19-12-6-10-17-9-5-11-18(23)21(17)19/h2-12,15H,13-14H2,1H3,(H,24,27)(H,25,26). The largest absolute Gasteiger partial charge is 0.350 e. The Morgan fingerprint density at radius 2 is 1.71 bits per heavy atom. The van der Waals surface area contributed by atoms with Gasteiger partial charge in [-0.3, -0.25) is 9.59 Å². The van der Waals surface area contributed by atoms with Gasteiger partial charge >= 0.3 is 0 Å². The van der Waals surface area contributed by atoms with E-state index in [0.717, 1.165) is 21.2 Å². The average molecular weight is 413 g/mol. The van der Waals surface area contributed by atoms with Crippen molar-refractivity contribution in [3.63, 3.8) is 0 Å². The molecule has 0 aliphatic rings. The SMILES string of the molecule is CC(NC(=O)CSc1cccc2cccc(Cl)c12)C(=O)NCc1ccccc1. The van der Waals surface area contributed by atoms with Crippen LogP contribution in [0.3, 0.4) is 0 Å². The molecule has 2 amide bonds. The Balaban J connectivity index is 1.52. The first-order valence-corrected chi connectivity index (χ1v) is 10.3. The highest BCUT2D eigenvalue weighted by Gasteiger charge is 2.16. The van der Waals surface area contributed by atoms with Gasteiger partial charge in [-0.05, 0) is 30.0 Å². The van der Waals surface area contributed by atoms with Crippen molar-refractivity contribution in [1.82, 2.24) is 10.6 Å². The molecule has 0 saturated carbocycles. The Hall–Kier alpha value is -2.50. The first-order valence-electron chi connectivity index (χ1n) is 8.95. The summed E-state index contributed by atoms with van der Waals surface area (Å²) in [5, 5.41) is 8.21. The highest BCUT2D eigenvalue weighted by molar-refractivity contribution is 8.00. The maximum absolute atomic E-state index is 12.3. The van der Waals surface area contributed by atoms with Gasteiger partial charge in [-0.2, -0.15) is 0 Å². The van der Waals surface area contributed by atoms with Crippen LogP contribution in [0.2, 0.25) is 5.02 Å². The number of thioether (sulfide) groups is 1. The van der Waals surface area contributed by atoms with Crippen molar-refractivity contribution in [2.24, 2.45) is 0 Å². The van der Waals surface area contributed by atoms with Gasteiger partial charge in [0.25, 0.3) is 0 Å². The molecule has 144 valence electrons. The Morgan fingerprint density at radius 1 is 1.00 bits per heavy atom. The van der Waals surface area contributed by atoms with Crippen molar-refractivity contribution in [2.45, 2.75) is 24.4 Å². The van der Waals surface area contributed by atoms with Crippen LogP contribution in [0.5, 0.6) is 0 Å². The fraction of sp³-hybridized carbons (Fsp3) is 0.182. The van der Waals surface area contributed by atoms with E-state index in [1.807, 2.05) is 66.7 Å². The van der Waals surface area contributed by atoms with E-state index >= 15 is 0 Å². The molecule has 1 atom stereocenters. The van der Waals surface area contributed by atoms with E-state index in [2.05, 4.69) is 10.6 Å². The predicted molar refractivity (Wildman–Crippen MR) is 116 cm³/mol. The molecule has 0 bridgehead atoms. The summed E-state index contributed by atoms with van der Waals surface area (Å²) in [7, 11) is 0. The van der Waals surface area contributed by atoms with Crippen LogP contribution in [0.25, 0.3) is 10.8 Å². The molecule has 0 aliphatic heterocycles. The Bertz CT molecular complexity index is 973. The number of halogens is 1. The van der Waals surface area contributed by atoms with Crippen LogP contribution in [-0.4, -0.2) is 23.6 Å². The predicted octanol–water partition coefficient (Wildman–Crippen LogP) is 4.41. The quantitative estimate of drug-likeness (QED) is 0.565. The molecule has 6 heteroatoms. The summed E-state index contributed by atoms with van der Waals surface area (Å²) in [4.78, 5) is 25.4. The molecule has 4 nitrogen and oxygen atoms in total. The molecule has 3 aromatic rings. The number of benzene rings is 3. The monoisotopic (exact) mass is 412 g/mol. The van der Waals surface area contributed by atoms with Gasteiger partial charge < -0.3 is 10.6 Å². The van der Waals surface area contributed by atoms with Crippen LogP contribution in [0, 0.1) is 0 Å². The third-order valence-corrected chi connectivity index (χ3v) is 5.63. The van der Waals surface area contributed by atoms with Gasteiger partial charge in [0.2, 0.25) is 11.8 Å². The normalized spacial score (nSPS) is 11.8. The van der Waals surface area contributed by atoms with Gasteiger partial charge in [0.1, 0.15) is 6.04 Å². The fourth-order valence-corrected chi connectivity index (χ4v) is 4.07. The van der Waals surface area contributed by atoms with Gasteiger partial charge in [0.05, 0.1) is 5.75 Å². The number of rotatable bonds is 7. The molecule has 0 heterocycles. The second-order valence-electron chi connectivity index (χ2n) is 6.38. The van der Waals surface area contributed by atoms with Crippen molar-refractivity contribution in [3.8, 4) is 0 Å². The molecule has 3 aromatic carbocycles. The molecule has 0 aliphatic carbocycles. The smallest absolute Gasteiger partial charge is 0.242 e. The number of nitrogens with one attached hydrogen (secondary N) is 2. The molecule has 2 N–H and O–H groups in total. The summed E-state index contributed by atoms with van der Waals surface area (Å²) in [6, 6.07) is 20.7. The Labute approximate surface area is 173 Å². The van der Waals surface area contributed by atoms with Crippen LogP contribution in [0.15, 0.2) is 71.6 Å². The van der Waals surface area contributed by atoms with Crippen molar-refractivity contribution < 1.29 is 9.59 Å². The molecular formula is C22H21ClN2O2S. The summed E-state index contributed by atoms with van der Waals surface area (Å²) in [6.07, 6.45) is 0. The zero-order valence-corrected chi connectivity index (χ0v) is 17.0. The number of hydrogen-bond acceptors (Lipinski definition) is 3.